The van der Waals surface area contributed by atoms with E-state index in [1.54, 1.807) is 0 Å². The molecule has 0 bridgehead atoms. The second-order valence-electron chi connectivity index (χ2n) is 3.29. The first-order chi connectivity index (χ1) is 7.27. The molecule has 0 radical (unpaired) electrons. The van der Waals surface area contributed by atoms with Gasteiger partial charge in [0.05, 0.1) is 0 Å². The second-order valence-corrected chi connectivity index (χ2v) is 6.35. The Morgan fingerprint density at radius 3 is 1.73 bits per heavy atom. The molecule has 0 aliphatic heterocycles. The van der Waals surface area contributed by atoms with Gasteiger partial charge in [-0.2, -0.15) is 0 Å². The average molecular weight is 324 g/mol. The van der Waals surface area contributed by atoms with Crippen LogP contribution < -0.4 is 5.46 Å². The molecule has 74 valence electrons. The predicted octanol–water partition coefficient (Wildman–Crippen LogP) is 3.84. The van der Waals surface area contributed by atoms with E-state index in [0.717, 1.165) is 0 Å². The van der Waals surface area contributed by atoms with Gasteiger partial charge in [0, 0.05) is 0 Å². The fourth-order valence-corrected chi connectivity index (χ4v) is 2.06. The third-order valence-electron chi connectivity index (χ3n) is 2.27. The van der Waals surface area contributed by atoms with E-state index in [0.29, 0.717) is 0 Å². The van der Waals surface area contributed by atoms with E-state index in [4.69, 9.17) is 0 Å². The SMILES string of the molecule is BrB(Br)c1ccc(-c2ccccc2)cc1. The lowest BCUT2D eigenvalue weighted by Crippen LogP contribution is -2.15. The second kappa shape index (κ2) is 5.00. The summed E-state index contributed by atoms with van der Waals surface area (Å²) in [6, 6.07) is 18.9. The molecular weight excluding hydrogens is 315 g/mol. The fraction of sp³-hybridized carbons (Fsp3) is 0. The van der Waals surface area contributed by atoms with Gasteiger partial charge in [-0.25, -0.2) is 0 Å². The van der Waals surface area contributed by atoms with Crippen molar-refractivity contribution >= 4 is 41.3 Å². The van der Waals surface area contributed by atoms with E-state index in [1.165, 1.54) is 16.6 Å². The van der Waals surface area contributed by atoms with Gasteiger partial charge in [-0.15, -0.1) is 31.5 Å². The summed E-state index contributed by atoms with van der Waals surface area (Å²) in [6.07, 6.45) is 0. The van der Waals surface area contributed by atoms with Crippen LogP contribution in [0.25, 0.3) is 11.1 Å². The summed E-state index contributed by atoms with van der Waals surface area (Å²) in [5, 5.41) is 0. The zero-order valence-corrected chi connectivity index (χ0v) is 11.2. The fourth-order valence-electron chi connectivity index (χ4n) is 1.45. The van der Waals surface area contributed by atoms with Gasteiger partial charge >= 0.3 is 4.36 Å². The maximum atomic E-state index is 3.48. The molecule has 0 atom stereocenters. The molecule has 2 aromatic rings. The molecule has 0 unspecified atom stereocenters. The molecular formula is C12H9BBr2. The summed E-state index contributed by atoms with van der Waals surface area (Å²) in [5.74, 6) is 0. The molecule has 0 N–H and O–H groups in total. The van der Waals surface area contributed by atoms with Crippen LogP contribution in [0.3, 0.4) is 0 Å². The molecule has 0 nitrogen and oxygen atoms in total. The van der Waals surface area contributed by atoms with E-state index in [-0.39, 0.29) is 4.36 Å². The maximum Gasteiger partial charge on any atom is 0.329 e. The largest absolute Gasteiger partial charge is 0.329 e. The van der Waals surface area contributed by atoms with Crippen LogP contribution >= 0.6 is 31.5 Å². The Balaban J connectivity index is 2.32. The molecule has 0 aromatic heterocycles. The van der Waals surface area contributed by atoms with Crippen molar-refractivity contribution < 1.29 is 0 Å². The highest BCUT2D eigenvalue weighted by Crippen LogP contribution is 2.17. The van der Waals surface area contributed by atoms with Crippen LogP contribution in [-0.4, -0.2) is 4.36 Å². The van der Waals surface area contributed by atoms with Crippen molar-refractivity contribution in [3.05, 3.63) is 54.6 Å². The van der Waals surface area contributed by atoms with Crippen molar-refractivity contribution in [3.8, 4) is 11.1 Å². The minimum Gasteiger partial charge on any atom is -0.132 e. The average Bonchev–Trinajstić information content (AvgIpc) is 2.30. The third-order valence-corrected chi connectivity index (χ3v) is 3.33. The quantitative estimate of drug-likeness (QED) is 0.737. The van der Waals surface area contributed by atoms with Gasteiger partial charge in [0.1, 0.15) is 0 Å². The summed E-state index contributed by atoms with van der Waals surface area (Å²) < 4.78 is 0.231. The van der Waals surface area contributed by atoms with Crippen LogP contribution in [0.15, 0.2) is 54.6 Å². The lowest BCUT2D eigenvalue weighted by molar-refractivity contribution is 1.64. The first-order valence-corrected chi connectivity index (χ1v) is 6.54. The monoisotopic (exact) mass is 322 g/mol. The van der Waals surface area contributed by atoms with Gasteiger partial charge in [-0.1, -0.05) is 60.1 Å². The smallest absolute Gasteiger partial charge is 0.132 e. The van der Waals surface area contributed by atoms with Crippen LogP contribution in [0.5, 0.6) is 0 Å². The van der Waals surface area contributed by atoms with E-state index >= 15 is 0 Å². The van der Waals surface area contributed by atoms with Crippen LogP contribution in [0.1, 0.15) is 0 Å². The number of rotatable bonds is 2. The number of hydrogen-bond donors (Lipinski definition) is 0. The molecule has 2 aromatic carbocycles. The molecule has 2 rings (SSSR count). The highest BCUT2D eigenvalue weighted by Gasteiger charge is 2.06. The maximum absolute atomic E-state index is 3.48. The van der Waals surface area contributed by atoms with Crippen LogP contribution in [0.4, 0.5) is 0 Å². The van der Waals surface area contributed by atoms with Gasteiger partial charge in [0.15, 0.2) is 0 Å². The zero-order chi connectivity index (χ0) is 10.7. The molecule has 0 heterocycles. The van der Waals surface area contributed by atoms with Crippen molar-refractivity contribution in [2.75, 3.05) is 0 Å². The summed E-state index contributed by atoms with van der Waals surface area (Å²) in [5.41, 5.74) is 3.74. The third kappa shape index (κ3) is 2.73. The van der Waals surface area contributed by atoms with Gasteiger partial charge in [-0.05, 0) is 11.1 Å². The Bertz CT molecular complexity index is 423. The molecule has 3 heteroatoms. The Hall–Kier alpha value is -0.535. The molecule has 0 saturated heterocycles. The Labute approximate surface area is 107 Å². The summed E-state index contributed by atoms with van der Waals surface area (Å²) in [6.45, 7) is 0. The topological polar surface area (TPSA) is 0 Å². The number of benzene rings is 2. The van der Waals surface area contributed by atoms with E-state index in [9.17, 15) is 0 Å². The molecule has 0 spiro atoms. The van der Waals surface area contributed by atoms with E-state index < -0.39 is 0 Å². The molecule has 0 aliphatic carbocycles. The number of halogens is 2. The van der Waals surface area contributed by atoms with E-state index in [2.05, 4.69) is 80.0 Å². The predicted molar refractivity (Wildman–Crippen MR) is 75.1 cm³/mol. The zero-order valence-electron chi connectivity index (χ0n) is 8.03. The van der Waals surface area contributed by atoms with Crippen LogP contribution in [0.2, 0.25) is 0 Å². The Morgan fingerprint density at radius 1 is 0.667 bits per heavy atom. The van der Waals surface area contributed by atoms with Crippen molar-refractivity contribution in [3.63, 3.8) is 0 Å². The lowest BCUT2D eigenvalue weighted by atomic mass is 9.93. The molecule has 0 aliphatic rings. The van der Waals surface area contributed by atoms with Gasteiger partial charge in [0.2, 0.25) is 0 Å². The van der Waals surface area contributed by atoms with Gasteiger partial charge in [-0.3, -0.25) is 0 Å². The summed E-state index contributed by atoms with van der Waals surface area (Å²) >= 11 is 6.96. The van der Waals surface area contributed by atoms with Gasteiger partial charge in [0.25, 0.3) is 0 Å². The van der Waals surface area contributed by atoms with Crippen molar-refractivity contribution in [1.82, 2.24) is 0 Å². The summed E-state index contributed by atoms with van der Waals surface area (Å²) in [7, 11) is 0. The minimum absolute atomic E-state index is 0.231. The first kappa shape index (κ1) is 11.0. The minimum atomic E-state index is 0.231. The number of hydrogen-bond acceptors (Lipinski definition) is 0. The first-order valence-electron chi connectivity index (χ1n) is 4.71. The van der Waals surface area contributed by atoms with Crippen molar-refractivity contribution in [2.45, 2.75) is 0 Å². The van der Waals surface area contributed by atoms with Crippen molar-refractivity contribution in [1.29, 1.82) is 0 Å². The summed E-state index contributed by atoms with van der Waals surface area (Å²) in [4.78, 5) is 0. The normalized spacial score (nSPS) is 10.0. The molecule has 0 fully saturated rings. The highest BCUT2D eigenvalue weighted by atomic mass is 79.9. The Kier molecular flexibility index (Phi) is 3.65. The van der Waals surface area contributed by atoms with Gasteiger partial charge < -0.3 is 0 Å². The lowest BCUT2D eigenvalue weighted by Gasteiger charge is -2.03. The molecule has 0 amide bonds. The standard InChI is InChI=1S/C12H9BBr2/c14-13(15)12-8-6-11(7-9-12)10-4-2-1-3-5-10/h1-9H. The molecule has 15 heavy (non-hydrogen) atoms. The molecule has 0 saturated carbocycles. The highest BCUT2D eigenvalue weighted by molar-refractivity contribution is 9.49. The van der Waals surface area contributed by atoms with E-state index in [1.807, 2.05) is 6.07 Å². The Morgan fingerprint density at radius 2 is 1.20 bits per heavy atom. The van der Waals surface area contributed by atoms with Crippen molar-refractivity contribution in [2.24, 2.45) is 0 Å². The van der Waals surface area contributed by atoms with Crippen LogP contribution in [-0.2, 0) is 0 Å². The van der Waals surface area contributed by atoms with Crippen LogP contribution in [0, 0.1) is 0 Å².